The highest BCUT2D eigenvalue weighted by atomic mass is 35.5. The summed E-state index contributed by atoms with van der Waals surface area (Å²) in [7, 11) is 0. The van der Waals surface area contributed by atoms with Crippen molar-refractivity contribution in [3.8, 4) is 11.1 Å². The quantitative estimate of drug-likeness (QED) is 0.650. The van der Waals surface area contributed by atoms with E-state index in [0.717, 1.165) is 11.1 Å². The fraction of sp³-hybridized carbons (Fsp3) is 0.222. The Morgan fingerprint density at radius 2 is 1.67 bits per heavy atom. The van der Waals surface area contributed by atoms with Crippen molar-refractivity contribution in [2.24, 2.45) is 0 Å². The minimum absolute atomic E-state index is 0.385. The molecule has 0 fully saturated rings. The van der Waals surface area contributed by atoms with Gasteiger partial charge in [0.1, 0.15) is 0 Å². The monoisotopic (exact) mass is 346 g/mol. The van der Waals surface area contributed by atoms with E-state index in [1.54, 1.807) is 24.3 Å². The lowest BCUT2D eigenvalue weighted by atomic mass is 10.0. The number of esters is 1. The number of nitrogens with two attached hydrogens (primary N) is 1. The van der Waals surface area contributed by atoms with Crippen LogP contribution in [-0.4, -0.2) is 17.5 Å². The average molecular weight is 347 g/mol. The predicted molar refractivity (Wildman–Crippen MR) is 95.8 cm³/mol. The van der Waals surface area contributed by atoms with Crippen LogP contribution in [0, 0.1) is 0 Å². The van der Waals surface area contributed by atoms with Crippen LogP contribution in [0.5, 0.6) is 0 Å². The molecule has 0 aromatic heterocycles. The minimum Gasteiger partial charge on any atom is -0.450 e. The third-order valence-electron chi connectivity index (χ3n) is 3.41. The van der Waals surface area contributed by atoms with Crippen LogP contribution in [0.4, 0.5) is 11.4 Å². The van der Waals surface area contributed by atoms with Crippen LogP contribution in [0.2, 0.25) is 5.02 Å². The molecule has 0 saturated carbocycles. The van der Waals surface area contributed by atoms with Gasteiger partial charge in [0.05, 0.1) is 10.7 Å². The lowest BCUT2D eigenvalue weighted by Crippen LogP contribution is -2.41. The molecular weight excluding hydrogens is 328 g/mol. The van der Waals surface area contributed by atoms with E-state index in [-0.39, 0.29) is 0 Å². The van der Waals surface area contributed by atoms with Crippen LogP contribution in [0.25, 0.3) is 11.1 Å². The first-order valence-corrected chi connectivity index (χ1v) is 7.73. The van der Waals surface area contributed by atoms with Gasteiger partial charge in [-0.1, -0.05) is 29.8 Å². The molecule has 2 aromatic rings. The number of rotatable bonds is 4. The number of carbonyl (C=O) groups is 2. The maximum atomic E-state index is 12.3. The summed E-state index contributed by atoms with van der Waals surface area (Å²) >= 11 is 6.26. The largest absolute Gasteiger partial charge is 0.450 e. The predicted octanol–water partition coefficient (Wildman–Crippen LogP) is 3.87. The van der Waals surface area contributed by atoms with Gasteiger partial charge in [0.2, 0.25) is 0 Å². The number of anilines is 2. The molecule has 5 nitrogen and oxygen atoms in total. The SMILES string of the molecule is CC(=O)OC(C)(C)C(=O)Nc1ccc(-c2ccc(N)cc2)cc1Cl. The highest BCUT2D eigenvalue weighted by Crippen LogP contribution is 2.30. The van der Waals surface area contributed by atoms with Crippen LogP contribution < -0.4 is 11.1 Å². The summed E-state index contributed by atoms with van der Waals surface area (Å²) < 4.78 is 5.01. The Morgan fingerprint density at radius 3 is 2.21 bits per heavy atom. The van der Waals surface area contributed by atoms with Gasteiger partial charge in [-0.2, -0.15) is 0 Å². The molecule has 2 aromatic carbocycles. The Bertz CT molecular complexity index is 770. The second kappa shape index (κ2) is 6.93. The number of amides is 1. The molecule has 3 N–H and O–H groups in total. The molecule has 0 atom stereocenters. The number of hydrogen-bond donors (Lipinski definition) is 2. The molecule has 126 valence electrons. The first-order valence-electron chi connectivity index (χ1n) is 7.35. The third-order valence-corrected chi connectivity index (χ3v) is 3.72. The standard InChI is InChI=1S/C18H19ClN2O3/c1-11(22)24-18(2,3)17(23)21-16-9-6-13(10-15(16)19)12-4-7-14(20)8-5-12/h4-10H,20H2,1-3H3,(H,21,23). The van der Waals surface area contributed by atoms with E-state index in [1.165, 1.54) is 20.8 Å². The molecule has 0 aliphatic heterocycles. The van der Waals surface area contributed by atoms with Crippen molar-refractivity contribution < 1.29 is 14.3 Å². The Labute approximate surface area is 145 Å². The number of halogens is 1. The Kier molecular flexibility index (Phi) is 5.14. The molecule has 24 heavy (non-hydrogen) atoms. The number of nitrogen functional groups attached to an aromatic ring is 1. The van der Waals surface area contributed by atoms with Gasteiger partial charge in [-0.15, -0.1) is 0 Å². The zero-order valence-corrected chi connectivity index (χ0v) is 14.5. The second-order valence-electron chi connectivity index (χ2n) is 5.87. The summed E-state index contributed by atoms with van der Waals surface area (Å²) in [6.07, 6.45) is 0. The van der Waals surface area contributed by atoms with Crippen molar-refractivity contribution >= 4 is 34.9 Å². The molecule has 0 aliphatic rings. The highest BCUT2D eigenvalue weighted by molar-refractivity contribution is 6.34. The first-order chi connectivity index (χ1) is 11.2. The van der Waals surface area contributed by atoms with E-state index >= 15 is 0 Å². The molecule has 0 spiro atoms. The topological polar surface area (TPSA) is 81.4 Å². The van der Waals surface area contributed by atoms with Crippen LogP contribution in [0.15, 0.2) is 42.5 Å². The number of ether oxygens (including phenoxy) is 1. The lowest BCUT2D eigenvalue weighted by molar-refractivity contribution is -0.160. The number of carbonyl (C=O) groups excluding carboxylic acids is 2. The van der Waals surface area contributed by atoms with E-state index < -0.39 is 17.5 Å². The van der Waals surface area contributed by atoms with Crippen molar-refractivity contribution in [2.45, 2.75) is 26.4 Å². The maximum absolute atomic E-state index is 12.3. The minimum atomic E-state index is -1.29. The second-order valence-corrected chi connectivity index (χ2v) is 6.28. The van der Waals surface area contributed by atoms with Gasteiger partial charge in [0, 0.05) is 12.6 Å². The van der Waals surface area contributed by atoms with E-state index in [0.29, 0.717) is 16.4 Å². The maximum Gasteiger partial charge on any atom is 0.303 e. The summed E-state index contributed by atoms with van der Waals surface area (Å²) in [6.45, 7) is 4.28. The van der Waals surface area contributed by atoms with Crippen LogP contribution in [-0.2, 0) is 14.3 Å². The molecule has 1 amide bonds. The van der Waals surface area contributed by atoms with Crippen LogP contribution in [0.3, 0.4) is 0 Å². The molecule has 0 heterocycles. The Hall–Kier alpha value is -2.53. The van der Waals surface area contributed by atoms with Gasteiger partial charge in [-0.05, 0) is 49.2 Å². The van der Waals surface area contributed by atoms with Gasteiger partial charge < -0.3 is 15.8 Å². The fourth-order valence-electron chi connectivity index (χ4n) is 2.15. The van der Waals surface area contributed by atoms with E-state index in [2.05, 4.69) is 5.32 Å². The molecule has 2 rings (SSSR count). The highest BCUT2D eigenvalue weighted by Gasteiger charge is 2.31. The fourth-order valence-corrected chi connectivity index (χ4v) is 2.38. The average Bonchev–Trinajstić information content (AvgIpc) is 2.48. The van der Waals surface area contributed by atoms with Crippen molar-refractivity contribution in [3.63, 3.8) is 0 Å². The molecular formula is C18H19ClN2O3. The van der Waals surface area contributed by atoms with Gasteiger partial charge in [-0.25, -0.2) is 0 Å². The van der Waals surface area contributed by atoms with Crippen molar-refractivity contribution in [1.82, 2.24) is 0 Å². The summed E-state index contributed by atoms with van der Waals surface area (Å²) in [6, 6.07) is 12.7. The van der Waals surface area contributed by atoms with Crippen LogP contribution >= 0.6 is 11.6 Å². The number of nitrogens with one attached hydrogen (secondary N) is 1. The molecule has 6 heteroatoms. The van der Waals surface area contributed by atoms with Gasteiger partial charge >= 0.3 is 5.97 Å². The normalized spacial score (nSPS) is 11.0. The Balaban J connectivity index is 2.19. The molecule has 0 saturated heterocycles. The third kappa shape index (κ3) is 4.26. The van der Waals surface area contributed by atoms with E-state index in [4.69, 9.17) is 22.1 Å². The van der Waals surface area contributed by atoms with Crippen molar-refractivity contribution in [3.05, 3.63) is 47.5 Å². The zero-order chi connectivity index (χ0) is 17.9. The first kappa shape index (κ1) is 17.8. The summed E-state index contributed by atoms with van der Waals surface area (Å²) in [5.74, 6) is -0.986. The number of benzene rings is 2. The van der Waals surface area contributed by atoms with Crippen LogP contribution in [0.1, 0.15) is 20.8 Å². The smallest absolute Gasteiger partial charge is 0.303 e. The number of hydrogen-bond acceptors (Lipinski definition) is 4. The molecule has 0 unspecified atom stereocenters. The summed E-state index contributed by atoms with van der Waals surface area (Å²) in [5, 5.41) is 3.06. The van der Waals surface area contributed by atoms with E-state index in [1.807, 2.05) is 18.2 Å². The zero-order valence-electron chi connectivity index (χ0n) is 13.7. The molecule has 0 aliphatic carbocycles. The summed E-state index contributed by atoms with van der Waals surface area (Å²) in [4.78, 5) is 23.3. The van der Waals surface area contributed by atoms with Gasteiger partial charge in [0.25, 0.3) is 5.91 Å². The molecule has 0 bridgehead atoms. The van der Waals surface area contributed by atoms with Crippen molar-refractivity contribution in [2.75, 3.05) is 11.1 Å². The lowest BCUT2D eigenvalue weighted by Gasteiger charge is -2.23. The van der Waals surface area contributed by atoms with Gasteiger partial charge in [0.15, 0.2) is 5.60 Å². The molecule has 0 radical (unpaired) electrons. The van der Waals surface area contributed by atoms with Gasteiger partial charge in [-0.3, -0.25) is 9.59 Å². The van der Waals surface area contributed by atoms with E-state index in [9.17, 15) is 9.59 Å². The summed E-state index contributed by atoms with van der Waals surface area (Å²) in [5.41, 5.74) is 7.38. The Morgan fingerprint density at radius 1 is 1.08 bits per heavy atom. The van der Waals surface area contributed by atoms with Crippen molar-refractivity contribution in [1.29, 1.82) is 0 Å².